The number of hydrogen-bond donors (Lipinski definition) is 1. The van der Waals surface area contributed by atoms with Crippen LogP contribution in [0.25, 0.3) is 0 Å². The standard InChI is InChI=1S/C15H24N2O3S/c1-2-13-4-3-10-17(12-13)21(18,19)15-7-5-14(6-8-15)20-11-9-16/h5-8,13H,2-4,9-12,16H2,1H3. The molecule has 0 amide bonds. The highest BCUT2D eigenvalue weighted by Crippen LogP contribution is 2.26. The van der Waals surface area contributed by atoms with Crippen LogP contribution in [0.1, 0.15) is 26.2 Å². The predicted molar refractivity (Wildman–Crippen MR) is 82.8 cm³/mol. The first-order chi connectivity index (χ1) is 10.1. The van der Waals surface area contributed by atoms with Gasteiger partial charge in [0.25, 0.3) is 0 Å². The van der Waals surface area contributed by atoms with Crippen molar-refractivity contribution < 1.29 is 13.2 Å². The Hall–Kier alpha value is -1.11. The summed E-state index contributed by atoms with van der Waals surface area (Å²) in [6, 6.07) is 6.58. The third-order valence-electron chi connectivity index (χ3n) is 3.91. The van der Waals surface area contributed by atoms with Crippen molar-refractivity contribution in [2.75, 3.05) is 26.2 Å². The third-order valence-corrected chi connectivity index (χ3v) is 5.79. The van der Waals surface area contributed by atoms with Crippen LogP contribution < -0.4 is 10.5 Å². The van der Waals surface area contributed by atoms with E-state index < -0.39 is 10.0 Å². The lowest BCUT2D eigenvalue weighted by Gasteiger charge is -2.31. The molecule has 1 atom stereocenters. The maximum absolute atomic E-state index is 12.6. The maximum atomic E-state index is 12.6. The van der Waals surface area contributed by atoms with E-state index in [0.717, 1.165) is 19.3 Å². The lowest BCUT2D eigenvalue weighted by molar-refractivity contribution is 0.261. The highest BCUT2D eigenvalue weighted by molar-refractivity contribution is 7.89. The first kappa shape index (κ1) is 16.3. The van der Waals surface area contributed by atoms with Crippen molar-refractivity contribution in [3.8, 4) is 5.75 Å². The molecule has 0 aromatic heterocycles. The zero-order valence-corrected chi connectivity index (χ0v) is 13.3. The second-order valence-electron chi connectivity index (χ2n) is 5.39. The summed E-state index contributed by atoms with van der Waals surface area (Å²) >= 11 is 0. The highest BCUT2D eigenvalue weighted by Gasteiger charge is 2.29. The molecule has 1 aromatic rings. The molecule has 6 heteroatoms. The average molecular weight is 312 g/mol. The zero-order chi connectivity index (χ0) is 15.3. The van der Waals surface area contributed by atoms with Crippen molar-refractivity contribution in [2.45, 2.75) is 31.1 Å². The molecule has 118 valence electrons. The van der Waals surface area contributed by atoms with Gasteiger partial charge in [0.1, 0.15) is 12.4 Å². The van der Waals surface area contributed by atoms with Gasteiger partial charge in [-0.15, -0.1) is 0 Å². The number of nitrogens with two attached hydrogens (primary N) is 1. The molecular weight excluding hydrogens is 288 g/mol. The van der Waals surface area contributed by atoms with Crippen LogP contribution in [-0.4, -0.2) is 39.0 Å². The van der Waals surface area contributed by atoms with E-state index in [4.69, 9.17) is 10.5 Å². The average Bonchev–Trinajstić information content (AvgIpc) is 2.53. The Balaban J connectivity index is 2.11. The third kappa shape index (κ3) is 3.96. The van der Waals surface area contributed by atoms with Crippen molar-refractivity contribution >= 4 is 10.0 Å². The summed E-state index contributed by atoms with van der Waals surface area (Å²) < 4.78 is 32.3. The molecule has 1 saturated heterocycles. The lowest BCUT2D eigenvalue weighted by atomic mass is 9.97. The summed E-state index contributed by atoms with van der Waals surface area (Å²) in [5, 5.41) is 0. The number of rotatable bonds is 6. The van der Waals surface area contributed by atoms with Crippen LogP contribution in [0.15, 0.2) is 29.2 Å². The van der Waals surface area contributed by atoms with Crippen LogP contribution in [0.5, 0.6) is 5.75 Å². The molecule has 1 aliphatic heterocycles. The monoisotopic (exact) mass is 312 g/mol. The SMILES string of the molecule is CCC1CCCN(S(=O)(=O)c2ccc(OCCN)cc2)C1. The topological polar surface area (TPSA) is 72.6 Å². The number of ether oxygens (including phenoxy) is 1. The molecule has 21 heavy (non-hydrogen) atoms. The zero-order valence-electron chi connectivity index (χ0n) is 12.5. The predicted octanol–water partition coefficient (Wildman–Crippen LogP) is 1.83. The fourth-order valence-corrected chi connectivity index (χ4v) is 4.17. The number of piperidine rings is 1. The van der Waals surface area contributed by atoms with Crippen LogP contribution in [0.3, 0.4) is 0 Å². The molecule has 0 spiro atoms. The van der Waals surface area contributed by atoms with Crippen molar-refractivity contribution in [3.05, 3.63) is 24.3 Å². The van der Waals surface area contributed by atoms with Gasteiger partial charge in [0, 0.05) is 19.6 Å². The smallest absolute Gasteiger partial charge is 0.243 e. The van der Waals surface area contributed by atoms with E-state index in [-0.39, 0.29) is 0 Å². The van der Waals surface area contributed by atoms with Crippen LogP contribution in [-0.2, 0) is 10.0 Å². The van der Waals surface area contributed by atoms with Crippen molar-refractivity contribution in [1.82, 2.24) is 4.31 Å². The van der Waals surface area contributed by atoms with E-state index in [0.29, 0.717) is 42.8 Å². The van der Waals surface area contributed by atoms with Gasteiger partial charge in [0.15, 0.2) is 0 Å². The Labute approximate surface area is 127 Å². The van der Waals surface area contributed by atoms with Crippen molar-refractivity contribution in [2.24, 2.45) is 11.7 Å². The Bertz CT molecular complexity index is 543. The molecule has 0 aliphatic carbocycles. The minimum Gasteiger partial charge on any atom is -0.492 e. The molecule has 1 heterocycles. The van der Waals surface area contributed by atoms with Crippen LogP contribution in [0, 0.1) is 5.92 Å². The first-order valence-electron chi connectivity index (χ1n) is 7.51. The van der Waals surface area contributed by atoms with Gasteiger partial charge in [-0.25, -0.2) is 8.42 Å². The molecule has 5 nitrogen and oxygen atoms in total. The van der Waals surface area contributed by atoms with Gasteiger partial charge in [-0.3, -0.25) is 0 Å². The molecule has 1 unspecified atom stereocenters. The summed E-state index contributed by atoms with van der Waals surface area (Å²) in [5.41, 5.74) is 5.37. The Morgan fingerprint density at radius 1 is 1.33 bits per heavy atom. The summed E-state index contributed by atoms with van der Waals surface area (Å²) in [4.78, 5) is 0.333. The van der Waals surface area contributed by atoms with Crippen LogP contribution in [0.2, 0.25) is 0 Å². The molecule has 1 aliphatic rings. The fourth-order valence-electron chi connectivity index (χ4n) is 2.61. The van der Waals surface area contributed by atoms with Gasteiger partial charge >= 0.3 is 0 Å². The Morgan fingerprint density at radius 3 is 2.67 bits per heavy atom. The van der Waals surface area contributed by atoms with Gasteiger partial charge in [-0.1, -0.05) is 13.3 Å². The second kappa shape index (κ2) is 7.24. The number of sulfonamides is 1. The van der Waals surface area contributed by atoms with Gasteiger partial charge in [-0.2, -0.15) is 4.31 Å². The van der Waals surface area contributed by atoms with Gasteiger partial charge in [-0.05, 0) is 43.0 Å². The quantitative estimate of drug-likeness (QED) is 0.870. The molecule has 0 saturated carbocycles. The summed E-state index contributed by atoms with van der Waals surface area (Å²) in [5.74, 6) is 1.12. The molecular formula is C15H24N2O3S. The molecule has 0 bridgehead atoms. The molecule has 0 radical (unpaired) electrons. The molecule has 2 rings (SSSR count). The number of nitrogens with zero attached hydrogens (tertiary/aromatic N) is 1. The fraction of sp³-hybridized carbons (Fsp3) is 0.600. The van der Waals surface area contributed by atoms with E-state index in [2.05, 4.69) is 6.92 Å². The normalized spacial score (nSPS) is 20.4. The van der Waals surface area contributed by atoms with Crippen LogP contribution in [0.4, 0.5) is 0 Å². The van der Waals surface area contributed by atoms with Gasteiger partial charge < -0.3 is 10.5 Å². The summed E-state index contributed by atoms with van der Waals surface area (Å²) in [7, 11) is -3.39. The maximum Gasteiger partial charge on any atom is 0.243 e. The Kier molecular flexibility index (Phi) is 5.61. The van der Waals surface area contributed by atoms with Gasteiger partial charge in [0.05, 0.1) is 4.90 Å². The summed E-state index contributed by atoms with van der Waals surface area (Å²) in [6.45, 7) is 4.22. The van der Waals surface area contributed by atoms with Gasteiger partial charge in [0.2, 0.25) is 10.0 Å². The largest absolute Gasteiger partial charge is 0.492 e. The van der Waals surface area contributed by atoms with E-state index in [1.807, 2.05) is 0 Å². The van der Waals surface area contributed by atoms with E-state index in [9.17, 15) is 8.42 Å². The van der Waals surface area contributed by atoms with E-state index in [1.165, 1.54) is 0 Å². The van der Waals surface area contributed by atoms with Crippen molar-refractivity contribution in [3.63, 3.8) is 0 Å². The Morgan fingerprint density at radius 2 is 2.05 bits per heavy atom. The lowest BCUT2D eigenvalue weighted by Crippen LogP contribution is -2.39. The number of hydrogen-bond acceptors (Lipinski definition) is 4. The summed E-state index contributed by atoms with van der Waals surface area (Å²) in [6.07, 6.45) is 3.09. The first-order valence-corrected chi connectivity index (χ1v) is 8.95. The molecule has 1 fully saturated rings. The minimum absolute atomic E-state index is 0.333. The van der Waals surface area contributed by atoms with Crippen molar-refractivity contribution in [1.29, 1.82) is 0 Å². The molecule has 1 aromatic carbocycles. The highest BCUT2D eigenvalue weighted by atomic mass is 32.2. The molecule has 2 N–H and O–H groups in total. The van der Waals surface area contributed by atoms with E-state index in [1.54, 1.807) is 28.6 Å². The van der Waals surface area contributed by atoms with Crippen LogP contribution >= 0.6 is 0 Å². The van der Waals surface area contributed by atoms with E-state index >= 15 is 0 Å². The number of benzene rings is 1. The minimum atomic E-state index is -3.39. The second-order valence-corrected chi connectivity index (χ2v) is 7.33.